The van der Waals surface area contributed by atoms with Crippen LogP contribution < -0.4 is 10.9 Å². The fourth-order valence-electron chi connectivity index (χ4n) is 2.03. The lowest BCUT2D eigenvalue weighted by Gasteiger charge is -2.32. The number of benzene rings is 1. The summed E-state index contributed by atoms with van der Waals surface area (Å²) in [5, 5.41) is -0.523. The molecule has 1 aromatic heterocycles. The Morgan fingerprint density at radius 1 is 1.00 bits per heavy atom. The molecule has 2 aromatic rings. The molecular formula is C17H25ClN2OP2. The van der Waals surface area contributed by atoms with Crippen LogP contribution in [-0.2, 0) is 4.57 Å². The van der Waals surface area contributed by atoms with Crippen LogP contribution in [0.15, 0.2) is 24.3 Å². The molecule has 1 aromatic carbocycles. The van der Waals surface area contributed by atoms with E-state index >= 15 is 0 Å². The molecular weight excluding hydrogens is 346 g/mol. The third kappa shape index (κ3) is 3.63. The van der Waals surface area contributed by atoms with Crippen LogP contribution in [-0.4, -0.2) is 26.9 Å². The van der Waals surface area contributed by atoms with Crippen LogP contribution in [0.2, 0.25) is 0 Å². The summed E-state index contributed by atoms with van der Waals surface area (Å²) in [6, 6.07) is 7.69. The summed E-state index contributed by atoms with van der Waals surface area (Å²) in [5.41, 5.74) is 2.89. The molecule has 0 bridgehead atoms. The zero-order valence-corrected chi connectivity index (χ0v) is 17.4. The topological polar surface area (TPSA) is 42.9 Å². The molecule has 0 aliphatic carbocycles. The molecule has 0 aliphatic heterocycles. The van der Waals surface area contributed by atoms with Gasteiger partial charge < -0.3 is 4.57 Å². The molecule has 0 N–H and O–H groups in total. The van der Waals surface area contributed by atoms with Crippen molar-refractivity contribution in [3.63, 3.8) is 0 Å². The van der Waals surface area contributed by atoms with E-state index in [9.17, 15) is 4.57 Å². The highest BCUT2D eigenvalue weighted by atomic mass is 35.7. The van der Waals surface area contributed by atoms with Crippen molar-refractivity contribution in [2.75, 3.05) is 6.66 Å². The van der Waals surface area contributed by atoms with Crippen LogP contribution in [0.4, 0.5) is 0 Å². The van der Waals surface area contributed by atoms with E-state index in [1.54, 1.807) is 6.66 Å². The van der Waals surface area contributed by atoms with Gasteiger partial charge in [0, 0.05) is 17.6 Å². The molecule has 2 atom stereocenters. The minimum absolute atomic E-state index is 0.138. The molecule has 126 valence electrons. The maximum Gasteiger partial charge on any atom is 0.137 e. The van der Waals surface area contributed by atoms with Crippen LogP contribution in [0.1, 0.15) is 41.5 Å². The first-order valence-electron chi connectivity index (χ1n) is 7.67. The van der Waals surface area contributed by atoms with E-state index in [1.165, 1.54) is 0 Å². The lowest BCUT2D eigenvalue weighted by atomic mass is 10.3. The Balaban J connectivity index is 2.83. The molecule has 1 unspecified atom stereocenters. The number of para-hydroxylation sites is 2. The Bertz CT molecular complexity index is 778. The molecule has 0 saturated heterocycles. The first-order valence-corrected chi connectivity index (χ1v) is 12.1. The normalized spacial score (nSPS) is 17.0. The Kier molecular flexibility index (Phi) is 5.00. The Labute approximate surface area is 145 Å². The molecule has 6 heteroatoms. The quantitative estimate of drug-likeness (QED) is 0.690. The van der Waals surface area contributed by atoms with Crippen molar-refractivity contribution < 1.29 is 4.57 Å². The Morgan fingerprint density at radius 3 is 1.91 bits per heavy atom. The van der Waals surface area contributed by atoms with Crippen molar-refractivity contribution in [2.24, 2.45) is 0 Å². The smallest absolute Gasteiger partial charge is 0.137 e. The molecule has 2 rings (SSSR count). The first kappa shape index (κ1) is 18.8. The fourth-order valence-corrected chi connectivity index (χ4v) is 5.86. The maximum absolute atomic E-state index is 13.6. The summed E-state index contributed by atoms with van der Waals surface area (Å²) >= 11 is 6.79. The average Bonchev–Trinajstić information content (AvgIpc) is 2.42. The van der Waals surface area contributed by atoms with Gasteiger partial charge in [-0.2, -0.15) is 0 Å². The van der Waals surface area contributed by atoms with E-state index in [0.717, 1.165) is 11.0 Å². The monoisotopic (exact) mass is 370 g/mol. The lowest BCUT2D eigenvalue weighted by Crippen LogP contribution is -2.37. The highest BCUT2D eigenvalue weighted by Crippen LogP contribution is 2.57. The van der Waals surface area contributed by atoms with Gasteiger partial charge in [-0.15, -0.1) is 0 Å². The van der Waals surface area contributed by atoms with Gasteiger partial charge in [-0.1, -0.05) is 64.9 Å². The summed E-state index contributed by atoms with van der Waals surface area (Å²) < 4.78 is 13.6. The lowest BCUT2D eigenvalue weighted by molar-refractivity contribution is 0.560. The predicted octanol–water partition coefficient (Wildman–Crippen LogP) is 5.11. The van der Waals surface area contributed by atoms with Gasteiger partial charge in [-0.05, 0) is 18.8 Å². The number of fused-ring (bicyclic) bond motifs is 1. The van der Waals surface area contributed by atoms with E-state index < -0.39 is 14.4 Å². The molecule has 0 aliphatic rings. The van der Waals surface area contributed by atoms with Gasteiger partial charge in [0.2, 0.25) is 0 Å². The number of halogens is 1. The van der Waals surface area contributed by atoms with Crippen LogP contribution in [0.3, 0.4) is 0 Å². The molecule has 0 spiro atoms. The molecule has 23 heavy (non-hydrogen) atoms. The van der Waals surface area contributed by atoms with Gasteiger partial charge in [0.15, 0.2) is 0 Å². The SMILES string of the molecule is CC(C)(C)P(Cl)c1nc2ccccc2nc1[P@](C)(=O)C(C)(C)C. The summed E-state index contributed by atoms with van der Waals surface area (Å²) in [7, 11) is -3.83. The molecule has 1 heterocycles. The van der Waals surface area contributed by atoms with Gasteiger partial charge >= 0.3 is 0 Å². The average molecular weight is 371 g/mol. The van der Waals surface area contributed by atoms with Crippen molar-refractivity contribution in [3.8, 4) is 0 Å². The highest BCUT2D eigenvalue weighted by Gasteiger charge is 2.40. The maximum atomic E-state index is 13.6. The number of rotatable bonds is 2. The van der Waals surface area contributed by atoms with Crippen molar-refractivity contribution in [1.29, 1.82) is 0 Å². The summed E-state index contributed by atoms with van der Waals surface area (Å²) in [6.07, 6.45) is 0. The number of nitrogens with zero attached hydrogens (tertiary/aromatic N) is 2. The fraction of sp³-hybridized carbons (Fsp3) is 0.529. The molecule has 3 nitrogen and oxygen atoms in total. The van der Waals surface area contributed by atoms with Crippen LogP contribution in [0.25, 0.3) is 11.0 Å². The third-order valence-electron chi connectivity index (χ3n) is 3.99. The Morgan fingerprint density at radius 2 is 1.48 bits per heavy atom. The van der Waals surface area contributed by atoms with Crippen molar-refractivity contribution >= 4 is 47.6 Å². The molecule has 0 amide bonds. The zero-order valence-electron chi connectivity index (χ0n) is 14.9. The first-order chi connectivity index (χ1) is 10.4. The minimum Gasteiger partial charge on any atom is -0.317 e. The van der Waals surface area contributed by atoms with E-state index in [4.69, 9.17) is 21.2 Å². The zero-order chi connectivity index (χ0) is 17.6. The van der Waals surface area contributed by atoms with E-state index in [2.05, 4.69) is 20.8 Å². The van der Waals surface area contributed by atoms with E-state index in [1.807, 2.05) is 45.0 Å². The molecule has 0 saturated carbocycles. The molecule has 0 fully saturated rings. The predicted molar refractivity (Wildman–Crippen MR) is 105 cm³/mol. The van der Waals surface area contributed by atoms with Gasteiger partial charge in [0.05, 0.1) is 11.0 Å². The third-order valence-corrected chi connectivity index (χ3v) is 11.7. The summed E-state index contributed by atoms with van der Waals surface area (Å²) in [4.78, 5) is 9.54. The standard InChI is InChI=1S/C17H25ClN2OP2/c1-16(2,3)22(18)14-15(23(7,21)17(4,5)6)20-13-11-9-8-10-12(13)19-14/h8-11H,1-7H3/t22?,23-/m0/s1. The van der Waals surface area contributed by atoms with Crippen molar-refractivity contribution in [1.82, 2.24) is 9.97 Å². The second kappa shape index (κ2) is 6.10. The van der Waals surface area contributed by atoms with Crippen LogP contribution >= 0.6 is 25.7 Å². The van der Waals surface area contributed by atoms with E-state index in [-0.39, 0.29) is 10.3 Å². The van der Waals surface area contributed by atoms with Crippen molar-refractivity contribution in [3.05, 3.63) is 24.3 Å². The second-order valence-corrected chi connectivity index (χ2v) is 14.9. The minimum atomic E-state index is -2.74. The summed E-state index contributed by atoms with van der Waals surface area (Å²) in [6.45, 7) is 14.0. The van der Waals surface area contributed by atoms with Gasteiger partial charge in [0.1, 0.15) is 18.0 Å². The number of hydrogen-bond acceptors (Lipinski definition) is 3. The van der Waals surface area contributed by atoms with E-state index in [0.29, 0.717) is 10.9 Å². The largest absolute Gasteiger partial charge is 0.317 e. The summed E-state index contributed by atoms with van der Waals surface area (Å²) in [5.74, 6) is 0. The number of hydrogen-bond donors (Lipinski definition) is 0. The molecule has 0 radical (unpaired) electrons. The van der Waals surface area contributed by atoms with Crippen LogP contribution in [0.5, 0.6) is 0 Å². The van der Waals surface area contributed by atoms with Gasteiger partial charge in [-0.3, -0.25) is 0 Å². The second-order valence-electron chi connectivity index (χ2n) is 7.91. The van der Waals surface area contributed by atoms with Gasteiger partial charge in [-0.25, -0.2) is 9.97 Å². The van der Waals surface area contributed by atoms with Crippen molar-refractivity contribution in [2.45, 2.75) is 51.9 Å². The Hall–Kier alpha value is -0.490. The number of aromatic nitrogens is 2. The van der Waals surface area contributed by atoms with Crippen LogP contribution in [0, 0.1) is 0 Å². The van der Waals surface area contributed by atoms with Gasteiger partial charge in [0.25, 0.3) is 0 Å². The highest BCUT2D eigenvalue weighted by molar-refractivity contribution is 7.92.